The molecule has 2 rings (SSSR count). The first-order chi connectivity index (χ1) is 9.88. The molecule has 0 aromatic heterocycles. The van der Waals surface area contributed by atoms with Crippen molar-refractivity contribution in [3.8, 4) is 0 Å². The van der Waals surface area contributed by atoms with Crippen molar-refractivity contribution in [2.75, 3.05) is 5.32 Å². The minimum Gasteiger partial charge on any atom is -0.478 e. The second-order valence-corrected chi connectivity index (χ2v) is 5.21. The molecule has 1 atom stereocenters. The van der Waals surface area contributed by atoms with Crippen molar-refractivity contribution in [1.29, 1.82) is 0 Å². The number of rotatable bonds is 4. The number of anilines is 1. The molecule has 4 heteroatoms. The van der Waals surface area contributed by atoms with E-state index >= 15 is 0 Å². The molecule has 0 aliphatic rings. The molecular weight excluding hydrogens is 269 g/mol. The molecule has 0 heterocycles. The number of carbonyl (C=O) groups is 1. The maximum atomic E-state index is 13.6. The molecule has 0 radical (unpaired) electrons. The number of nitrogens with one attached hydrogen (secondary N) is 1. The smallest absolute Gasteiger partial charge is 0.335 e. The summed E-state index contributed by atoms with van der Waals surface area (Å²) in [5.74, 6) is -1.20. The zero-order valence-electron chi connectivity index (χ0n) is 12.3. The van der Waals surface area contributed by atoms with Crippen LogP contribution >= 0.6 is 0 Å². The van der Waals surface area contributed by atoms with Crippen LogP contribution in [0, 0.1) is 19.7 Å². The van der Waals surface area contributed by atoms with E-state index < -0.39 is 5.97 Å². The van der Waals surface area contributed by atoms with Crippen LogP contribution in [0.25, 0.3) is 0 Å². The van der Waals surface area contributed by atoms with Crippen LogP contribution in [0.3, 0.4) is 0 Å². The third kappa shape index (κ3) is 3.40. The minimum atomic E-state index is -0.966. The topological polar surface area (TPSA) is 49.3 Å². The maximum Gasteiger partial charge on any atom is 0.335 e. The van der Waals surface area contributed by atoms with Crippen LogP contribution < -0.4 is 5.32 Å². The normalized spacial score (nSPS) is 12.0. The van der Waals surface area contributed by atoms with Crippen LogP contribution in [0.2, 0.25) is 0 Å². The predicted molar refractivity (Wildman–Crippen MR) is 81.3 cm³/mol. The van der Waals surface area contributed by atoms with Gasteiger partial charge in [-0.2, -0.15) is 0 Å². The van der Waals surface area contributed by atoms with Crippen molar-refractivity contribution >= 4 is 11.7 Å². The molecule has 2 aromatic carbocycles. The second kappa shape index (κ2) is 5.95. The summed E-state index contributed by atoms with van der Waals surface area (Å²) in [6.45, 7) is 5.53. The molecule has 2 N–H and O–H groups in total. The lowest BCUT2D eigenvalue weighted by molar-refractivity contribution is 0.0697. The number of carboxylic acids is 1. The third-order valence-corrected chi connectivity index (χ3v) is 3.55. The van der Waals surface area contributed by atoms with E-state index in [2.05, 4.69) is 5.32 Å². The zero-order chi connectivity index (χ0) is 15.6. The lowest BCUT2D eigenvalue weighted by Gasteiger charge is -2.18. The Labute approximate surface area is 123 Å². The van der Waals surface area contributed by atoms with Crippen LogP contribution in [-0.2, 0) is 0 Å². The highest BCUT2D eigenvalue weighted by Crippen LogP contribution is 2.24. The largest absolute Gasteiger partial charge is 0.478 e. The highest BCUT2D eigenvalue weighted by atomic mass is 19.1. The first kappa shape index (κ1) is 15.0. The van der Waals surface area contributed by atoms with Crippen LogP contribution in [-0.4, -0.2) is 11.1 Å². The van der Waals surface area contributed by atoms with Crippen LogP contribution in [0.1, 0.15) is 40.0 Å². The fourth-order valence-corrected chi connectivity index (χ4v) is 2.11. The Morgan fingerprint density at radius 3 is 2.43 bits per heavy atom. The van der Waals surface area contributed by atoms with Gasteiger partial charge in [0, 0.05) is 11.7 Å². The van der Waals surface area contributed by atoms with Gasteiger partial charge >= 0.3 is 5.97 Å². The molecule has 21 heavy (non-hydrogen) atoms. The van der Waals surface area contributed by atoms with Crippen molar-refractivity contribution in [2.45, 2.75) is 26.8 Å². The summed E-state index contributed by atoms with van der Waals surface area (Å²) in [6, 6.07) is 9.91. The average molecular weight is 287 g/mol. The van der Waals surface area contributed by atoms with Gasteiger partial charge < -0.3 is 10.4 Å². The molecule has 0 aliphatic heterocycles. The van der Waals surface area contributed by atoms with Gasteiger partial charge in [-0.1, -0.05) is 18.2 Å². The summed E-state index contributed by atoms with van der Waals surface area (Å²) >= 11 is 0. The summed E-state index contributed by atoms with van der Waals surface area (Å²) in [6.07, 6.45) is 0. The van der Waals surface area contributed by atoms with E-state index in [-0.39, 0.29) is 17.4 Å². The molecule has 2 aromatic rings. The number of carboxylic acid groups (broad SMARTS) is 1. The number of halogens is 1. The van der Waals surface area contributed by atoms with Crippen molar-refractivity contribution in [3.63, 3.8) is 0 Å². The molecule has 3 nitrogen and oxygen atoms in total. The summed E-state index contributed by atoms with van der Waals surface area (Å²) in [5, 5.41) is 12.3. The Morgan fingerprint density at radius 1 is 1.14 bits per heavy atom. The van der Waals surface area contributed by atoms with Gasteiger partial charge in [0.2, 0.25) is 0 Å². The van der Waals surface area contributed by atoms with Crippen molar-refractivity contribution in [3.05, 3.63) is 64.5 Å². The van der Waals surface area contributed by atoms with E-state index in [4.69, 9.17) is 5.11 Å². The van der Waals surface area contributed by atoms with Gasteiger partial charge in [0.25, 0.3) is 0 Å². The monoisotopic (exact) mass is 287 g/mol. The Balaban J connectivity index is 2.26. The quantitative estimate of drug-likeness (QED) is 0.880. The van der Waals surface area contributed by atoms with Gasteiger partial charge in [0.15, 0.2) is 0 Å². The molecule has 0 amide bonds. The summed E-state index contributed by atoms with van der Waals surface area (Å²) in [5.41, 5.74) is 3.33. The lowest BCUT2D eigenvalue weighted by Crippen LogP contribution is -2.09. The maximum absolute atomic E-state index is 13.6. The molecule has 0 saturated heterocycles. The number of hydrogen-bond donors (Lipinski definition) is 2. The standard InChI is InChI=1S/C17H18FNO2/c1-10-4-6-13(8-15(10)18)12(3)19-16-9-14(17(20)21)7-5-11(16)2/h4-9,12,19H,1-3H3,(H,20,21). The van der Waals surface area contributed by atoms with Crippen molar-refractivity contribution < 1.29 is 14.3 Å². The first-order valence-electron chi connectivity index (χ1n) is 6.75. The second-order valence-electron chi connectivity index (χ2n) is 5.21. The van der Waals surface area contributed by atoms with Gasteiger partial charge in [-0.05, 0) is 55.7 Å². The Bertz CT molecular complexity index is 682. The minimum absolute atomic E-state index is 0.122. The number of benzene rings is 2. The molecule has 0 aliphatic carbocycles. The molecule has 110 valence electrons. The van der Waals surface area contributed by atoms with Crippen LogP contribution in [0.15, 0.2) is 36.4 Å². The van der Waals surface area contributed by atoms with E-state index in [1.54, 1.807) is 31.2 Å². The molecule has 0 fully saturated rings. The highest BCUT2D eigenvalue weighted by Gasteiger charge is 2.11. The van der Waals surface area contributed by atoms with E-state index in [0.717, 1.165) is 16.8 Å². The summed E-state index contributed by atoms with van der Waals surface area (Å²) < 4.78 is 13.6. The molecule has 0 spiro atoms. The van der Waals surface area contributed by atoms with E-state index in [1.165, 1.54) is 6.07 Å². The first-order valence-corrected chi connectivity index (χ1v) is 6.75. The average Bonchev–Trinajstić information content (AvgIpc) is 2.43. The fourth-order valence-electron chi connectivity index (χ4n) is 2.11. The van der Waals surface area contributed by atoms with E-state index in [1.807, 2.05) is 19.9 Å². The van der Waals surface area contributed by atoms with Crippen LogP contribution in [0.4, 0.5) is 10.1 Å². The number of aryl methyl sites for hydroxylation is 2. The van der Waals surface area contributed by atoms with Gasteiger partial charge in [-0.25, -0.2) is 9.18 Å². The Hall–Kier alpha value is -2.36. The van der Waals surface area contributed by atoms with Gasteiger partial charge in [-0.15, -0.1) is 0 Å². The number of aromatic carboxylic acids is 1. The lowest BCUT2D eigenvalue weighted by atomic mass is 10.0. The zero-order valence-corrected chi connectivity index (χ0v) is 12.3. The highest BCUT2D eigenvalue weighted by molar-refractivity contribution is 5.89. The number of hydrogen-bond acceptors (Lipinski definition) is 2. The molecule has 1 unspecified atom stereocenters. The summed E-state index contributed by atoms with van der Waals surface area (Å²) in [7, 11) is 0. The molecule has 0 bridgehead atoms. The predicted octanol–water partition coefficient (Wildman–Crippen LogP) is 4.31. The van der Waals surface area contributed by atoms with Crippen molar-refractivity contribution in [2.24, 2.45) is 0 Å². The van der Waals surface area contributed by atoms with Gasteiger partial charge in [0.1, 0.15) is 5.82 Å². The SMILES string of the molecule is Cc1ccc(C(C)Nc2cc(C(=O)O)ccc2C)cc1F. The van der Waals surface area contributed by atoms with Crippen LogP contribution in [0.5, 0.6) is 0 Å². The van der Waals surface area contributed by atoms with E-state index in [0.29, 0.717) is 5.56 Å². The van der Waals surface area contributed by atoms with Crippen molar-refractivity contribution in [1.82, 2.24) is 0 Å². The molecular formula is C17H18FNO2. The van der Waals surface area contributed by atoms with E-state index in [9.17, 15) is 9.18 Å². The fraction of sp³-hybridized carbons (Fsp3) is 0.235. The Kier molecular flexibility index (Phi) is 4.26. The summed E-state index contributed by atoms with van der Waals surface area (Å²) in [4.78, 5) is 11.0. The third-order valence-electron chi connectivity index (χ3n) is 3.55. The molecule has 0 saturated carbocycles. The van der Waals surface area contributed by atoms with Gasteiger partial charge in [0.05, 0.1) is 5.56 Å². The van der Waals surface area contributed by atoms with Gasteiger partial charge in [-0.3, -0.25) is 0 Å². The Morgan fingerprint density at radius 2 is 1.81 bits per heavy atom.